The van der Waals surface area contributed by atoms with Crippen LogP contribution in [0.25, 0.3) is 0 Å². The van der Waals surface area contributed by atoms with E-state index >= 15 is 0 Å². The zero-order valence-corrected chi connectivity index (χ0v) is 7.32. The summed E-state index contributed by atoms with van der Waals surface area (Å²) >= 11 is 6.03. The van der Waals surface area contributed by atoms with Crippen LogP contribution in [0.5, 0.6) is 0 Å². The van der Waals surface area contributed by atoms with Crippen molar-refractivity contribution in [3.8, 4) is 0 Å². The van der Waals surface area contributed by atoms with E-state index in [-0.39, 0.29) is 5.50 Å². The highest BCUT2D eigenvalue weighted by molar-refractivity contribution is 6.20. The molecular weight excluding hydrogens is 146 g/mol. The predicted octanol–water partition coefficient (Wildman–Crippen LogP) is 2.35. The van der Waals surface area contributed by atoms with E-state index in [1.54, 1.807) is 0 Å². The Balaban J connectivity index is 2.24. The van der Waals surface area contributed by atoms with Gasteiger partial charge in [-0.3, -0.25) is 0 Å². The van der Waals surface area contributed by atoms with Gasteiger partial charge >= 0.3 is 0 Å². The normalized spacial score (nSPS) is 24.6. The quantitative estimate of drug-likeness (QED) is 0.485. The van der Waals surface area contributed by atoms with Crippen LogP contribution in [0.1, 0.15) is 32.1 Å². The largest absolute Gasteiger partial charge is 0.304 e. The van der Waals surface area contributed by atoms with Crippen molar-refractivity contribution < 1.29 is 0 Å². The summed E-state index contributed by atoms with van der Waals surface area (Å²) in [6.07, 6.45) is 6.78. The molecule has 2 heteroatoms. The second-order valence-corrected chi connectivity index (χ2v) is 3.56. The lowest BCUT2D eigenvalue weighted by Crippen LogP contribution is -2.29. The van der Waals surface area contributed by atoms with Gasteiger partial charge in [0.25, 0.3) is 0 Å². The molecule has 1 saturated carbocycles. The van der Waals surface area contributed by atoms with Gasteiger partial charge in [0, 0.05) is 0 Å². The van der Waals surface area contributed by atoms with Crippen LogP contribution < -0.4 is 5.32 Å². The van der Waals surface area contributed by atoms with Gasteiger partial charge in [0.15, 0.2) is 0 Å². The molecule has 0 amide bonds. The van der Waals surface area contributed by atoms with Crippen molar-refractivity contribution in [2.45, 2.75) is 37.6 Å². The molecular formula is C8H16ClN. The highest BCUT2D eigenvalue weighted by atomic mass is 35.5. The van der Waals surface area contributed by atoms with Gasteiger partial charge in [-0.05, 0) is 25.8 Å². The summed E-state index contributed by atoms with van der Waals surface area (Å²) in [5, 5.41) is 3.10. The topological polar surface area (TPSA) is 12.0 Å². The first-order valence-corrected chi connectivity index (χ1v) is 4.59. The van der Waals surface area contributed by atoms with Crippen molar-refractivity contribution in [2.24, 2.45) is 5.92 Å². The van der Waals surface area contributed by atoms with Crippen LogP contribution >= 0.6 is 11.6 Å². The Bertz CT molecular complexity index is 89.3. The van der Waals surface area contributed by atoms with Gasteiger partial charge < -0.3 is 5.32 Å². The minimum Gasteiger partial charge on any atom is -0.304 e. The monoisotopic (exact) mass is 161 g/mol. The van der Waals surface area contributed by atoms with Gasteiger partial charge in [-0.25, -0.2) is 0 Å². The first-order chi connectivity index (χ1) is 4.84. The number of hydrogen-bond donors (Lipinski definition) is 1. The lowest BCUT2D eigenvalue weighted by Gasteiger charge is -2.25. The highest BCUT2D eigenvalue weighted by Crippen LogP contribution is 2.27. The van der Waals surface area contributed by atoms with E-state index in [9.17, 15) is 0 Å². The lowest BCUT2D eigenvalue weighted by atomic mass is 9.89. The van der Waals surface area contributed by atoms with Crippen LogP contribution in [0, 0.1) is 5.92 Å². The molecule has 0 aromatic heterocycles. The molecule has 0 saturated heterocycles. The predicted molar refractivity (Wildman–Crippen MR) is 45.3 cm³/mol. The van der Waals surface area contributed by atoms with E-state index < -0.39 is 0 Å². The zero-order chi connectivity index (χ0) is 7.40. The molecule has 0 aromatic carbocycles. The second kappa shape index (κ2) is 4.20. The summed E-state index contributed by atoms with van der Waals surface area (Å²) in [5.41, 5.74) is 0.209. The van der Waals surface area contributed by atoms with Crippen molar-refractivity contribution in [3.05, 3.63) is 0 Å². The molecule has 0 heterocycles. The van der Waals surface area contributed by atoms with Crippen LogP contribution in [0.4, 0.5) is 0 Å². The van der Waals surface area contributed by atoms with Crippen LogP contribution in [0.3, 0.4) is 0 Å². The summed E-state index contributed by atoms with van der Waals surface area (Å²) in [5.74, 6) is 0.723. The van der Waals surface area contributed by atoms with Gasteiger partial charge in [0.05, 0.1) is 5.50 Å². The van der Waals surface area contributed by atoms with E-state index in [0.717, 1.165) is 5.92 Å². The van der Waals surface area contributed by atoms with Crippen molar-refractivity contribution >= 4 is 11.6 Å². The van der Waals surface area contributed by atoms with E-state index in [0.29, 0.717) is 0 Å². The van der Waals surface area contributed by atoms with Crippen molar-refractivity contribution in [1.82, 2.24) is 5.32 Å². The molecule has 1 N–H and O–H groups in total. The summed E-state index contributed by atoms with van der Waals surface area (Å²) in [7, 11) is 1.94. The summed E-state index contributed by atoms with van der Waals surface area (Å²) in [6, 6.07) is 0. The molecule has 1 rings (SSSR count). The third kappa shape index (κ3) is 2.14. The molecule has 1 aliphatic carbocycles. The number of hydrogen-bond acceptors (Lipinski definition) is 1. The molecule has 10 heavy (non-hydrogen) atoms. The smallest absolute Gasteiger partial charge is 0.0851 e. The van der Waals surface area contributed by atoms with E-state index in [4.69, 9.17) is 11.6 Å². The Hall–Kier alpha value is 0.250. The van der Waals surface area contributed by atoms with Gasteiger partial charge in [-0.2, -0.15) is 0 Å². The fourth-order valence-electron chi connectivity index (χ4n) is 1.66. The van der Waals surface area contributed by atoms with E-state index in [1.165, 1.54) is 32.1 Å². The molecule has 0 bridgehead atoms. The van der Waals surface area contributed by atoms with E-state index in [1.807, 2.05) is 7.05 Å². The molecule has 0 radical (unpaired) electrons. The maximum atomic E-state index is 6.03. The Morgan fingerprint density at radius 2 is 1.90 bits per heavy atom. The molecule has 1 nitrogen and oxygen atoms in total. The highest BCUT2D eigenvalue weighted by Gasteiger charge is 2.19. The van der Waals surface area contributed by atoms with Gasteiger partial charge in [0.2, 0.25) is 0 Å². The van der Waals surface area contributed by atoms with Gasteiger partial charge in [-0.15, -0.1) is 11.6 Å². The summed E-state index contributed by atoms with van der Waals surface area (Å²) in [4.78, 5) is 0. The third-order valence-electron chi connectivity index (χ3n) is 2.34. The molecule has 60 valence electrons. The Labute approximate surface area is 68.1 Å². The Morgan fingerprint density at radius 3 is 2.40 bits per heavy atom. The first kappa shape index (κ1) is 8.35. The van der Waals surface area contributed by atoms with Crippen LogP contribution in [0.15, 0.2) is 0 Å². The maximum Gasteiger partial charge on any atom is 0.0851 e. The molecule has 1 aliphatic rings. The fourth-order valence-corrected chi connectivity index (χ4v) is 1.91. The number of alkyl halides is 1. The number of rotatable bonds is 2. The molecule has 0 spiro atoms. The summed E-state index contributed by atoms with van der Waals surface area (Å²) < 4.78 is 0. The lowest BCUT2D eigenvalue weighted by molar-refractivity contribution is 0.329. The fraction of sp³-hybridized carbons (Fsp3) is 1.00. The van der Waals surface area contributed by atoms with Crippen molar-refractivity contribution in [2.75, 3.05) is 7.05 Å². The van der Waals surface area contributed by atoms with Gasteiger partial charge in [0.1, 0.15) is 0 Å². The minimum atomic E-state index is 0.209. The van der Waals surface area contributed by atoms with Crippen LogP contribution in [0.2, 0.25) is 0 Å². The third-order valence-corrected chi connectivity index (χ3v) is 2.91. The van der Waals surface area contributed by atoms with Crippen molar-refractivity contribution in [1.29, 1.82) is 0 Å². The average Bonchev–Trinajstić information content (AvgIpc) is 2.05. The molecule has 0 aromatic rings. The molecule has 1 atom stereocenters. The molecule has 1 unspecified atom stereocenters. The molecule has 0 aliphatic heterocycles. The van der Waals surface area contributed by atoms with E-state index in [2.05, 4.69) is 5.32 Å². The second-order valence-electron chi connectivity index (χ2n) is 3.09. The zero-order valence-electron chi connectivity index (χ0n) is 6.57. The van der Waals surface area contributed by atoms with Crippen LogP contribution in [-0.2, 0) is 0 Å². The van der Waals surface area contributed by atoms with Crippen molar-refractivity contribution in [3.63, 3.8) is 0 Å². The van der Waals surface area contributed by atoms with Crippen LogP contribution in [-0.4, -0.2) is 12.5 Å². The number of nitrogens with one attached hydrogen (secondary N) is 1. The molecule has 1 fully saturated rings. The average molecular weight is 162 g/mol. The first-order valence-electron chi connectivity index (χ1n) is 4.16. The summed E-state index contributed by atoms with van der Waals surface area (Å²) in [6.45, 7) is 0. The standard InChI is InChI=1S/C8H16ClN/c1-10-8(9)7-5-3-2-4-6-7/h7-8,10H,2-6H2,1H3. The number of halogens is 1. The Morgan fingerprint density at radius 1 is 1.30 bits per heavy atom. The minimum absolute atomic E-state index is 0.209. The SMILES string of the molecule is CNC(Cl)C1CCCCC1. The maximum absolute atomic E-state index is 6.03. The van der Waals surface area contributed by atoms with Gasteiger partial charge in [-0.1, -0.05) is 19.3 Å². The Kier molecular flexibility index (Phi) is 3.50.